The number of nitrogens with one attached hydrogen (secondary N) is 1. The Kier molecular flexibility index (Phi) is 2.27. The molecule has 0 aromatic carbocycles. The highest BCUT2D eigenvalue weighted by Crippen LogP contribution is 2.31. The molecule has 2 aromatic heterocycles. The van der Waals surface area contributed by atoms with Gasteiger partial charge in [0.05, 0.1) is 6.20 Å². The van der Waals surface area contributed by atoms with Crippen LogP contribution in [0.2, 0.25) is 0 Å². The molecule has 0 aliphatic heterocycles. The largest absolute Gasteiger partial charge is 0.366 e. The summed E-state index contributed by atoms with van der Waals surface area (Å²) < 4.78 is 1.85. The van der Waals surface area contributed by atoms with Crippen molar-refractivity contribution in [2.45, 2.75) is 32.2 Å². The maximum atomic E-state index is 4.39. The summed E-state index contributed by atoms with van der Waals surface area (Å²) in [5.41, 5.74) is 1.05. The third-order valence-corrected chi connectivity index (χ3v) is 3.55. The van der Waals surface area contributed by atoms with E-state index in [0.717, 1.165) is 17.3 Å². The molecule has 0 saturated heterocycles. The van der Waals surface area contributed by atoms with Crippen LogP contribution in [-0.2, 0) is 0 Å². The zero-order valence-corrected chi connectivity index (χ0v) is 9.43. The third kappa shape index (κ3) is 1.54. The van der Waals surface area contributed by atoms with Crippen molar-refractivity contribution in [1.82, 2.24) is 14.6 Å². The van der Waals surface area contributed by atoms with Crippen molar-refractivity contribution in [3.8, 4) is 0 Å². The van der Waals surface area contributed by atoms with Crippen molar-refractivity contribution in [3.63, 3.8) is 0 Å². The predicted octanol–water partition coefficient (Wildman–Crippen LogP) is 2.33. The van der Waals surface area contributed by atoms with E-state index in [9.17, 15) is 0 Å². The first kappa shape index (κ1) is 9.63. The number of aromatic nitrogens is 3. The standard InChI is InChI=1S/C12H16N4/c1-9(10-3-2-4-10)15-12-11-5-6-14-16(11)8-7-13-12/h5-10H,2-4H2,1H3,(H,13,15). The Morgan fingerprint density at radius 2 is 2.31 bits per heavy atom. The lowest BCUT2D eigenvalue weighted by Crippen LogP contribution is -2.31. The molecular formula is C12H16N4. The van der Waals surface area contributed by atoms with E-state index in [4.69, 9.17) is 0 Å². The summed E-state index contributed by atoms with van der Waals surface area (Å²) in [5, 5.41) is 7.70. The molecule has 84 valence electrons. The fourth-order valence-electron chi connectivity index (χ4n) is 2.24. The van der Waals surface area contributed by atoms with Crippen molar-refractivity contribution in [2.24, 2.45) is 5.92 Å². The predicted molar refractivity (Wildman–Crippen MR) is 63.4 cm³/mol. The normalized spacial score (nSPS) is 18.3. The Morgan fingerprint density at radius 3 is 3.06 bits per heavy atom. The van der Waals surface area contributed by atoms with E-state index in [1.807, 2.05) is 16.8 Å². The quantitative estimate of drug-likeness (QED) is 0.856. The number of nitrogens with zero attached hydrogens (tertiary/aromatic N) is 3. The van der Waals surface area contributed by atoms with Crippen LogP contribution in [0.1, 0.15) is 26.2 Å². The molecule has 0 amide bonds. The zero-order valence-electron chi connectivity index (χ0n) is 9.43. The summed E-state index contributed by atoms with van der Waals surface area (Å²) >= 11 is 0. The van der Waals surface area contributed by atoms with E-state index in [2.05, 4.69) is 22.3 Å². The molecular weight excluding hydrogens is 200 g/mol. The molecule has 1 saturated carbocycles. The fourth-order valence-corrected chi connectivity index (χ4v) is 2.24. The molecule has 4 heteroatoms. The molecule has 2 heterocycles. The minimum Gasteiger partial charge on any atom is -0.366 e. The SMILES string of the molecule is CC(Nc1nccn2nccc12)C1CCC1. The summed E-state index contributed by atoms with van der Waals surface area (Å²) in [6, 6.07) is 2.49. The molecule has 0 radical (unpaired) electrons. The van der Waals surface area contributed by atoms with E-state index in [1.165, 1.54) is 19.3 Å². The van der Waals surface area contributed by atoms with Crippen molar-refractivity contribution in [2.75, 3.05) is 5.32 Å². The first-order valence-electron chi connectivity index (χ1n) is 5.89. The van der Waals surface area contributed by atoms with E-state index in [1.54, 1.807) is 12.4 Å². The van der Waals surface area contributed by atoms with E-state index in [-0.39, 0.29) is 0 Å². The van der Waals surface area contributed by atoms with Crippen molar-refractivity contribution in [1.29, 1.82) is 0 Å². The summed E-state index contributed by atoms with van der Waals surface area (Å²) in [6.45, 7) is 2.24. The number of anilines is 1. The lowest BCUT2D eigenvalue weighted by Gasteiger charge is -2.32. The Hall–Kier alpha value is -1.58. The molecule has 4 nitrogen and oxygen atoms in total. The Labute approximate surface area is 94.7 Å². The van der Waals surface area contributed by atoms with Gasteiger partial charge in [-0.15, -0.1) is 0 Å². The van der Waals surface area contributed by atoms with Crippen LogP contribution in [0, 0.1) is 5.92 Å². The minimum absolute atomic E-state index is 0.502. The topological polar surface area (TPSA) is 42.2 Å². The Morgan fingerprint density at radius 1 is 1.44 bits per heavy atom. The lowest BCUT2D eigenvalue weighted by molar-refractivity contribution is 0.285. The second kappa shape index (κ2) is 3.77. The molecule has 1 N–H and O–H groups in total. The number of hydrogen-bond acceptors (Lipinski definition) is 3. The highest BCUT2D eigenvalue weighted by molar-refractivity contribution is 5.67. The van der Waals surface area contributed by atoms with Crippen LogP contribution in [-0.4, -0.2) is 20.6 Å². The average molecular weight is 216 g/mol. The number of hydrogen-bond donors (Lipinski definition) is 1. The molecule has 1 aliphatic carbocycles. The van der Waals surface area contributed by atoms with E-state index < -0.39 is 0 Å². The minimum atomic E-state index is 0.502. The van der Waals surface area contributed by atoms with Crippen LogP contribution < -0.4 is 5.32 Å². The van der Waals surface area contributed by atoms with Gasteiger partial charge in [0.2, 0.25) is 0 Å². The van der Waals surface area contributed by atoms with Crippen LogP contribution in [0.25, 0.3) is 5.52 Å². The van der Waals surface area contributed by atoms with E-state index >= 15 is 0 Å². The monoisotopic (exact) mass is 216 g/mol. The summed E-state index contributed by atoms with van der Waals surface area (Å²) in [6.07, 6.45) is 9.52. The first-order valence-corrected chi connectivity index (χ1v) is 5.89. The van der Waals surface area contributed by atoms with Gasteiger partial charge >= 0.3 is 0 Å². The highest BCUT2D eigenvalue weighted by atomic mass is 15.2. The van der Waals surface area contributed by atoms with Crippen LogP contribution in [0.15, 0.2) is 24.7 Å². The molecule has 1 unspecified atom stereocenters. The van der Waals surface area contributed by atoms with Gasteiger partial charge in [-0.25, -0.2) is 9.50 Å². The molecule has 1 fully saturated rings. The number of rotatable bonds is 3. The highest BCUT2D eigenvalue weighted by Gasteiger charge is 2.24. The summed E-state index contributed by atoms with van der Waals surface area (Å²) in [5.74, 6) is 1.75. The molecule has 3 rings (SSSR count). The van der Waals surface area contributed by atoms with E-state index in [0.29, 0.717) is 6.04 Å². The molecule has 1 atom stereocenters. The summed E-state index contributed by atoms with van der Waals surface area (Å²) in [7, 11) is 0. The van der Waals surface area contributed by atoms with Gasteiger partial charge in [0.1, 0.15) is 5.52 Å². The Balaban J connectivity index is 1.85. The lowest BCUT2D eigenvalue weighted by atomic mass is 9.80. The van der Waals surface area contributed by atoms with Crippen molar-refractivity contribution in [3.05, 3.63) is 24.7 Å². The molecule has 16 heavy (non-hydrogen) atoms. The van der Waals surface area contributed by atoms with Gasteiger partial charge in [0, 0.05) is 18.4 Å². The molecule has 0 bridgehead atoms. The maximum absolute atomic E-state index is 4.39. The van der Waals surface area contributed by atoms with Gasteiger partial charge < -0.3 is 5.32 Å². The summed E-state index contributed by atoms with van der Waals surface area (Å²) in [4.78, 5) is 4.39. The van der Waals surface area contributed by atoms with Crippen LogP contribution in [0.5, 0.6) is 0 Å². The van der Waals surface area contributed by atoms with Gasteiger partial charge in [0.25, 0.3) is 0 Å². The fraction of sp³-hybridized carbons (Fsp3) is 0.500. The van der Waals surface area contributed by atoms with Crippen LogP contribution >= 0.6 is 0 Å². The average Bonchev–Trinajstić information content (AvgIpc) is 2.63. The number of fused-ring (bicyclic) bond motifs is 1. The van der Waals surface area contributed by atoms with Crippen molar-refractivity contribution < 1.29 is 0 Å². The third-order valence-electron chi connectivity index (χ3n) is 3.55. The van der Waals surface area contributed by atoms with Gasteiger partial charge in [-0.05, 0) is 31.7 Å². The van der Waals surface area contributed by atoms with Gasteiger partial charge in [-0.2, -0.15) is 5.10 Å². The van der Waals surface area contributed by atoms with Gasteiger partial charge in [-0.3, -0.25) is 0 Å². The second-order valence-electron chi connectivity index (χ2n) is 4.56. The molecule has 0 spiro atoms. The van der Waals surface area contributed by atoms with Gasteiger partial charge in [-0.1, -0.05) is 6.42 Å². The Bertz CT molecular complexity index is 486. The molecule has 2 aromatic rings. The second-order valence-corrected chi connectivity index (χ2v) is 4.56. The maximum Gasteiger partial charge on any atom is 0.152 e. The van der Waals surface area contributed by atoms with Crippen LogP contribution in [0.4, 0.5) is 5.82 Å². The first-order chi connectivity index (χ1) is 7.84. The molecule has 1 aliphatic rings. The van der Waals surface area contributed by atoms with Gasteiger partial charge in [0.15, 0.2) is 5.82 Å². The zero-order chi connectivity index (χ0) is 11.0. The van der Waals surface area contributed by atoms with Crippen molar-refractivity contribution >= 4 is 11.3 Å². The van der Waals surface area contributed by atoms with Crippen LogP contribution in [0.3, 0.4) is 0 Å². The smallest absolute Gasteiger partial charge is 0.152 e.